The lowest BCUT2D eigenvalue weighted by Gasteiger charge is -1.92. The molecule has 0 saturated heterocycles. The standard InChI is InChI=1S/C10H14N2/c1-11-8-4-2-6-10-7-3-5-9-12-10/h2-3,5-7,9,11H,4,8H2,1H3. The van der Waals surface area contributed by atoms with Crippen molar-refractivity contribution in [2.75, 3.05) is 13.6 Å². The van der Waals surface area contributed by atoms with Crippen LogP contribution in [-0.2, 0) is 0 Å². The minimum atomic E-state index is 1.02. The van der Waals surface area contributed by atoms with E-state index >= 15 is 0 Å². The van der Waals surface area contributed by atoms with Crippen molar-refractivity contribution >= 4 is 6.08 Å². The van der Waals surface area contributed by atoms with Crippen molar-refractivity contribution in [3.8, 4) is 0 Å². The van der Waals surface area contributed by atoms with Gasteiger partial charge in [-0.2, -0.15) is 0 Å². The summed E-state index contributed by atoms with van der Waals surface area (Å²) in [4.78, 5) is 4.17. The first-order valence-corrected chi connectivity index (χ1v) is 4.15. The zero-order valence-corrected chi connectivity index (χ0v) is 7.33. The van der Waals surface area contributed by atoms with Crippen molar-refractivity contribution in [1.82, 2.24) is 10.3 Å². The van der Waals surface area contributed by atoms with Crippen molar-refractivity contribution in [3.05, 3.63) is 36.2 Å². The lowest BCUT2D eigenvalue weighted by Crippen LogP contribution is -2.05. The third-order valence-electron chi connectivity index (χ3n) is 1.54. The van der Waals surface area contributed by atoms with E-state index in [1.165, 1.54) is 0 Å². The molecule has 12 heavy (non-hydrogen) atoms. The van der Waals surface area contributed by atoms with Gasteiger partial charge < -0.3 is 5.32 Å². The Balaban J connectivity index is 2.36. The van der Waals surface area contributed by atoms with Gasteiger partial charge in [0, 0.05) is 6.20 Å². The van der Waals surface area contributed by atoms with Crippen LogP contribution in [0.25, 0.3) is 6.08 Å². The van der Waals surface area contributed by atoms with Gasteiger partial charge in [-0.25, -0.2) is 0 Å². The predicted molar refractivity (Wildman–Crippen MR) is 51.8 cm³/mol. The summed E-state index contributed by atoms with van der Waals surface area (Å²) >= 11 is 0. The van der Waals surface area contributed by atoms with Gasteiger partial charge in [-0.05, 0) is 38.2 Å². The SMILES string of the molecule is CNCCC=Cc1ccccn1. The van der Waals surface area contributed by atoms with Crippen LogP contribution < -0.4 is 5.32 Å². The minimum Gasteiger partial charge on any atom is -0.319 e. The Labute approximate surface area is 73.3 Å². The Bertz CT molecular complexity index is 229. The van der Waals surface area contributed by atoms with Crippen LogP contribution in [0.5, 0.6) is 0 Å². The fraction of sp³-hybridized carbons (Fsp3) is 0.300. The summed E-state index contributed by atoms with van der Waals surface area (Å²) in [5, 5.41) is 3.08. The lowest BCUT2D eigenvalue weighted by molar-refractivity contribution is 0.809. The summed E-state index contributed by atoms with van der Waals surface area (Å²) in [5.74, 6) is 0. The van der Waals surface area contributed by atoms with Crippen LogP contribution in [0.2, 0.25) is 0 Å². The maximum absolute atomic E-state index is 4.17. The van der Waals surface area contributed by atoms with E-state index in [9.17, 15) is 0 Å². The number of nitrogens with zero attached hydrogens (tertiary/aromatic N) is 1. The van der Waals surface area contributed by atoms with Crippen LogP contribution >= 0.6 is 0 Å². The molecule has 0 saturated carbocycles. The molecule has 0 aliphatic rings. The van der Waals surface area contributed by atoms with Gasteiger partial charge in [0.25, 0.3) is 0 Å². The maximum Gasteiger partial charge on any atom is 0.0626 e. The highest BCUT2D eigenvalue weighted by atomic mass is 14.8. The van der Waals surface area contributed by atoms with Crippen LogP contribution in [0.15, 0.2) is 30.5 Å². The molecule has 0 aromatic carbocycles. The Kier molecular flexibility index (Phi) is 4.09. The fourth-order valence-corrected chi connectivity index (χ4v) is 0.906. The van der Waals surface area contributed by atoms with E-state index in [1.807, 2.05) is 31.3 Å². The molecular formula is C10H14N2. The normalized spacial score (nSPS) is 10.8. The molecule has 1 aromatic heterocycles. The van der Waals surface area contributed by atoms with Gasteiger partial charge in [-0.3, -0.25) is 4.98 Å². The molecule has 64 valence electrons. The third kappa shape index (κ3) is 3.30. The average molecular weight is 162 g/mol. The van der Waals surface area contributed by atoms with Gasteiger partial charge in [0.1, 0.15) is 0 Å². The molecule has 1 heterocycles. The number of nitrogens with one attached hydrogen (secondary N) is 1. The summed E-state index contributed by atoms with van der Waals surface area (Å²) in [6.45, 7) is 1.02. The summed E-state index contributed by atoms with van der Waals surface area (Å²) < 4.78 is 0. The van der Waals surface area contributed by atoms with Crippen molar-refractivity contribution in [2.24, 2.45) is 0 Å². The number of aromatic nitrogens is 1. The van der Waals surface area contributed by atoms with E-state index in [1.54, 1.807) is 6.20 Å². The van der Waals surface area contributed by atoms with Crippen LogP contribution in [-0.4, -0.2) is 18.6 Å². The van der Waals surface area contributed by atoms with E-state index in [2.05, 4.69) is 16.4 Å². The highest BCUT2D eigenvalue weighted by molar-refractivity contribution is 5.43. The van der Waals surface area contributed by atoms with Crippen molar-refractivity contribution < 1.29 is 0 Å². The van der Waals surface area contributed by atoms with E-state index in [4.69, 9.17) is 0 Å². The zero-order chi connectivity index (χ0) is 8.65. The second-order valence-electron chi connectivity index (χ2n) is 2.55. The molecule has 1 N–H and O–H groups in total. The Morgan fingerprint density at radius 3 is 3.08 bits per heavy atom. The predicted octanol–water partition coefficient (Wildman–Crippen LogP) is 1.70. The van der Waals surface area contributed by atoms with Crippen LogP contribution in [0.4, 0.5) is 0 Å². The third-order valence-corrected chi connectivity index (χ3v) is 1.54. The van der Waals surface area contributed by atoms with Crippen LogP contribution in [0.3, 0.4) is 0 Å². The molecule has 0 unspecified atom stereocenters. The second-order valence-corrected chi connectivity index (χ2v) is 2.55. The first-order valence-electron chi connectivity index (χ1n) is 4.15. The molecule has 0 amide bonds. The molecule has 0 bridgehead atoms. The fourth-order valence-electron chi connectivity index (χ4n) is 0.906. The summed E-state index contributed by atoms with van der Waals surface area (Å²) in [5.41, 5.74) is 1.02. The highest BCUT2D eigenvalue weighted by Gasteiger charge is 1.82. The summed E-state index contributed by atoms with van der Waals surface area (Å²) in [6, 6.07) is 5.91. The van der Waals surface area contributed by atoms with E-state index in [0.717, 1.165) is 18.7 Å². The largest absolute Gasteiger partial charge is 0.319 e. The number of pyridine rings is 1. The first-order chi connectivity index (χ1) is 5.93. The van der Waals surface area contributed by atoms with Gasteiger partial charge in [-0.15, -0.1) is 0 Å². The number of rotatable bonds is 4. The van der Waals surface area contributed by atoms with Crippen molar-refractivity contribution in [2.45, 2.75) is 6.42 Å². The van der Waals surface area contributed by atoms with Crippen molar-refractivity contribution in [1.29, 1.82) is 0 Å². The maximum atomic E-state index is 4.17. The Hall–Kier alpha value is -1.15. The number of hydrogen-bond donors (Lipinski definition) is 1. The summed E-state index contributed by atoms with van der Waals surface area (Å²) in [6.07, 6.45) is 7.01. The monoisotopic (exact) mass is 162 g/mol. The quantitative estimate of drug-likeness (QED) is 0.682. The first kappa shape index (κ1) is 8.94. The number of hydrogen-bond acceptors (Lipinski definition) is 2. The molecule has 1 rings (SSSR count). The van der Waals surface area contributed by atoms with Gasteiger partial charge in [0.15, 0.2) is 0 Å². The van der Waals surface area contributed by atoms with E-state index in [-0.39, 0.29) is 0 Å². The molecule has 2 nitrogen and oxygen atoms in total. The molecule has 0 spiro atoms. The van der Waals surface area contributed by atoms with E-state index < -0.39 is 0 Å². The topological polar surface area (TPSA) is 24.9 Å². The molecule has 0 radical (unpaired) electrons. The molecule has 0 aliphatic carbocycles. The van der Waals surface area contributed by atoms with E-state index in [0.29, 0.717) is 0 Å². The lowest BCUT2D eigenvalue weighted by atomic mass is 10.3. The minimum absolute atomic E-state index is 1.02. The summed E-state index contributed by atoms with van der Waals surface area (Å²) in [7, 11) is 1.95. The van der Waals surface area contributed by atoms with Gasteiger partial charge >= 0.3 is 0 Å². The Morgan fingerprint density at radius 1 is 1.50 bits per heavy atom. The second kappa shape index (κ2) is 5.49. The zero-order valence-electron chi connectivity index (χ0n) is 7.33. The Morgan fingerprint density at radius 2 is 2.42 bits per heavy atom. The van der Waals surface area contributed by atoms with Gasteiger partial charge in [0.05, 0.1) is 5.69 Å². The average Bonchev–Trinajstić information content (AvgIpc) is 2.14. The molecule has 0 fully saturated rings. The van der Waals surface area contributed by atoms with Crippen LogP contribution in [0.1, 0.15) is 12.1 Å². The van der Waals surface area contributed by atoms with Gasteiger partial charge in [-0.1, -0.05) is 12.1 Å². The van der Waals surface area contributed by atoms with Crippen LogP contribution in [0, 0.1) is 0 Å². The molecule has 0 aliphatic heterocycles. The van der Waals surface area contributed by atoms with Crippen molar-refractivity contribution in [3.63, 3.8) is 0 Å². The van der Waals surface area contributed by atoms with Gasteiger partial charge in [0.2, 0.25) is 0 Å². The highest BCUT2D eigenvalue weighted by Crippen LogP contribution is 1.96. The molecule has 1 aromatic rings. The smallest absolute Gasteiger partial charge is 0.0626 e. The molecule has 0 atom stereocenters. The molecule has 2 heteroatoms. The molecular weight excluding hydrogens is 148 g/mol.